The average molecular weight is 238 g/mol. The van der Waals surface area contributed by atoms with Crippen LogP contribution in [0.25, 0.3) is 0 Å². The Labute approximate surface area is 102 Å². The molecule has 0 fully saturated rings. The molecule has 0 spiro atoms. The predicted octanol–water partition coefficient (Wildman–Crippen LogP) is 3.87. The van der Waals surface area contributed by atoms with E-state index in [-0.39, 0.29) is 11.4 Å². The van der Waals surface area contributed by atoms with Crippen molar-refractivity contribution in [2.24, 2.45) is 0 Å². The number of esters is 1. The number of halogens is 1. The number of hydrogen-bond acceptors (Lipinski definition) is 2. The van der Waals surface area contributed by atoms with Crippen molar-refractivity contribution in [1.29, 1.82) is 0 Å². The van der Waals surface area contributed by atoms with E-state index >= 15 is 0 Å². The van der Waals surface area contributed by atoms with Crippen LogP contribution in [0.3, 0.4) is 0 Å². The fourth-order valence-corrected chi connectivity index (χ4v) is 1.50. The molecule has 0 amide bonds. The summed E-state index contributed by atoms with van der Waals surface area (Å²) in [7, 11) is 0. The quantitative estimate of drug-likeness (QED) is 0.555. The highest BCUT2D eigenvalue weighted by molar-refractivity contribution is 5.89. The first-order valence-corrected chi connectivity index (χ1v) is 6.08. The van der Waals surface area contributed by atoms with Gasteiger partial charge in [0.2, 0.25) is 0 Å². The Kier molecular flexibility index (Phi) is 5.67. The standard InChI is InChI=1S/C14H19FO2/c1-3-4-5-6-9-17-14(16)12-8-7-11(2)13(15)10-12/h7-8,10H,3-6,9H2,1-2H3. The molecule has 1 aromatic rings. The number of ether oxygens (including phenoxy) is 1. The van der Waals surface area contributed by atoms with Crippen molar-refractivity contribution < 1.29 is 13.9 Å². The molecular formula is C14H19FO2. The molecule has 17 heavy (non-hydrogen) atoms. The lowest BCUT2D eigenvalue weighted by Gasteiger charge is -2.05. The summed E-state index contributed by atoms with van der Waals surface area (Å²) in [5, 5.41) is 0. The molecule has 3 heteroatoms. The van der Waals surface area contributed by atoms with E-state index in [1.165, 1.54) is 6.07 Å². The summed E-state index contributed by atoms with van der Waals surface area (Å²) in [4.78, 5) is 11.6. The zero-order valence-electron chi connectivity index (χ0n) is 10.5. The van der Waals surface area contributed by atoms with Crippen molar-refractivity contribution >= 4 is 5.97 Å². The van der Waals surface area contributed by atoms with E-state index in [1.54, 1.807) is 19.1 Å². The lowest BCUT2D eigenvalue weighted by Crippen LogP contribution is -2.07. The Morgan fingerprint density at radius 3 is 2.71 bits per heavy atom. The molecule has 1 aromatic carbocycles. The molecule has 1 rings (SSSR count). The zero-order valence-corrected chi connectivity index (χ0v) is 10.5. The molecule has 0 saturated heterocycles. The summed E-state index contributed by atoms with van der Waals surface area (Å²) in [6.45, 7) is 4.20. The van der Waals surface area contributed by atoms with Crippen LogP contribution in [0.2, 0.25) is 0 Å². The predicted molar refractivity (Wildman–Crippen MR) is 65.6 cm³/mol. The van der Waals surface area contributed by atoms with Crippen molar-refractivity contribution in [1.82, 2.24) is 0 Å². The Hall–Kier alpha value is -1.38. The molecule has 94 valence electrons. The summed E-state index contributed by atoms with van der Waals surface area (Å²) in [6, 6.07) is 4.40. The maximum Gasteiger partial charge on any atom is 0.338 e. The third-order valence-electron chi connectivity index (χ3n) is 2.64. The van der Waals surface area contributed by atoms with Gasteiger partial charge in [-0.1, -0.05) is 32.3 Å². The molecule has 0 aliphatic rings. The van der Waals surface area contributed by atoms with Gasteiger partial charge in [0.25, 0.3) is 0 Å². The second-order valence-electron chi connectivity index (χ2n) is 4.16. The zero-order chi connectivity index (χ0) is 12.7. The second-order valence-corrected chi connectivity index (χ2v) is 4.16. The van der Waals surface area contributed by atoms with Crippen molar-refractivity contribution in [3.8, 4) is 0 Å². The Bertz CT molecular complexity index is 374. The van der Waals surface area contributed by atoms with Crippen molar-refractivity contribution in [3.05, 3.63) is 35.1 Å². The van der Waals surface area contributed by atoms with Crippen LogP contribution in [0.5, 0.6) is 0 Å². The minimum absolute atomic E-state index is 0.281. The lowest BCUT2D eigenvalue weighted by molar-refractivity contribution is 0.0497. The fourth-order valence-electron chi connectivity index (χ4n) is 1.50. The Morgan fingerprint density at radius 1 is 1.29 bits per heavy atom. The molecule has 0 aliphatic carbocycles. The summed E-state index contributed by atoms with van der Waals surface area (Å²) < 4.78 is 18.3. The van der Waals surface area contributed by atoms with Gasteiger partial charge in [-0.05, 0) is 31.0 Å². The van der Waals surface area contributed by atoms with Gasteiger partial charge in [-0.15, -0.1) is 0 Å². The molecule has 0 saturated carbocycles. The van der Waals surface area contributed by atoms with Crippen LogP contribution in [0.15, 0.2) is 18.2 Å². The molecule has 0 N–H and O–H groups in total. The second kappa shape index (κ2) is 7.05. The number of benzene rings is 1. The SMILES string of the molecule is CCCCCCOC(=O)c1ccc(C)c(F)c1. The van der Waals surface area contributed by atoms with E-state index < -0.39 is 5.97 Å². The molecule has 0 atom stereocenters. The Morgan fingerprint density at radius 2 is 2.06 bits per heavy atom. The van der Waals surface area contributed by atoms with Crippen molar-refractivity contribution in [2.45, 2.75) is 39.5 Å². The fraction of sp³-hybridized carbons (Fsp3) is 0.500. The van der Waals surface area contributed by atoms with Crippen molar-refractivity contribution in [2.75, 3.05) is 6.61 Å². The van der Waals surface area contributed by atoms with E-state index in [0.717, 1.165) is 25.7 Å². The highest BCUT2D eigenvalue weighted by Gasteiger charge is 2.08. The maximum absolute atomic E-state index is 13.2. The number of unbranched alkanes of at least 4 members (excludes halogenated alkanes) is 3. The van der Waals surface area contributed by atoms with E-state index in [4.69, 9.17) is 4.74 Å². The van der Waals surface area contributed by atoms with Gasteiger partial charge in [0.15, 0.2) is 0 Å². The van der Waals surface area contributed by atoms with Crippen LogP contribution in [0.1, 0.15) is 48.5 Å². The van der Waals surface area contributed by atoms with Crippen LogP contribution < -0.4 is 0 Å². The minimum Gasteiger partial charge on any atom is -0.462 e. The first-order chi connectivity index (χ1) is 8.15. The molecule has 2 nitrogen and oxygen atoms in total. The van der Waals surface area contributed by atoms with Gasteiger partial charge in [0, 0.05) is 0 Å². The smallest absolute Gasteiger partial charge is 0.338 e. The first-order valence-electron chi connectivity index (χ1n) is 6.08. The maximum atomic E-state index is 13.2. The number of aryl methyl sites for hydroxylation is 1. The summed E-state index contributed by atoms with van der Waals surface area (Å²) in [6.07, 6.45) is 4.23. The highest BCUT2D eigenvalue weighted by Crippen LogP contribution is 2.10. The van der Waals surface area contributed by atoms with E-state index in [1.807, 2.05) is 0 Å². The summed E-state index contributed by atoms with van der Waals surface area (Å²) in [5.74, 6) is -0.814. The van der Waals surface area contributed by atoms with Gasteiger partial charge >= 0.3 is 5.97 Å². The van der Waals surface area contributed by atoms with Gasteiger partial charge < -0.3 is 4.74 Å². The monoisotopic (exact) mass is 238 g/mol. The van der Waals surface area contributed by atoms with Crippen LogP contribution in [-0.2, 0) is 4.74 Å². The molecule has 0 aromatic heterocycles. The minimum atomic E-state index is -0.444. The van der Waals surface area contributed by atoms with E-state index in [0.29, 0.717) is 12.2 Å². The van der Waals surface area contributed by atoms with Crippen LogP contribution >= 0.6 is 0 Å². The highest BCUT2D eigenvalue weighted by atomic mass is 19.1. The molecular weight excluding hydrogens is 219 g/mol. The topological polar surface area (TPSA) is 26.3 Å². The third kappa shape index (κ3) is 4.55. The van der Waals surface area contributed by atoms with Crippen molar-refractivity contribution in [3.63, 3.8) is 0 Å². The number of carbonyl (C=O) groups is 1. The average Bonchev–Trinajstić information content (AvgIpc) is 2.32. The summed E-state index contributed by atoms with van der Waals surface area (Å²) >= 11 is 0. The van der Waals surface area contributed by atoms with Gasteiger partial charge in [-0.25, -0.2) is 9.18 Å². The summed E-state index contributed by atoms with van der Waals surface area (Å²) in [5.41, 5.74) is 0.813. The van der Waals surface area contributed by atoms with Crippen LogP contribution in [0.4, 0.5) is 4.39 Å². The molecule has 0 unspecified atom stereocenters. The van der Waals surface area contributed by atoms with Crippen LogP contribution in [0, 0.1) is 12.7 Å². The molecule has 0 heterocycles. The molecule has 0 aliphatic heterocycles. The molecule has 0 bridgehead atoms. The normalized spacial score (nSPS) is 10.3. The largest absolute Gasteiger partial charge is 0.462 e. The van der Waals surface area contributed by atoms with Gasteiger partial charge in [-0.2, -0.15) is 0 Å². The number of hydrogen-bond donors (Lipinski definition) is 0. The number of carbonyl (C=O) groups excluding carboxylic acids is 1. The Balaban J connectivity index is 2.39. The van der Waals surface area contributed by atoms with E-state index in [9.17, 15) is 9.18 Å². The first kappa shape index (κ1) is 13.7. The van der Waals surface area contributed by atoms with Gasteiger partial charge in [0.05, 0.1) is 12.2 Å². The molecule has 0 radical (unpaired) electrons. The lowest BCUT2D eigenvalue weighted by atomic mass is 10.1. The van der Waals surface area contributed by atoms with E-state index in [2.05, 4.69) is 6.92 Å². The van der Waals surface area contributed by atoms with Crippen LogP contribution in [-0.4, -0.2) is 12.6 Å². The van der Waals surface area contributed by atoms with Gasteiger partial charge in [0.1, 0.15) is 5.82 Å². The van der Waals surface area contributed by atoms with Gasteiger partial charge in [-0.3, -0.25) is 0 Å². The number of rotatable bonds is 6. The third-order valence-corrected chi connectivity index (χ3v) is 2.64.